The van der Waals surface area contributed by atoms with Crippen LogP contribution in [0.1, 0.15) is 38.8 Å². The number of benzene rings is 1. The van der Waals surface area contributed by atoms with Crippen molar-refractivity contribution < 1.29 is 4.79 Å². The monoisotopic (exact) mass is 335 g/mol. The second kappa shape index (κ2) is 6.53. The van der Waals surface area contributed by atoms with Gasteiger partial charge in [0.2, 0.25) is 5.95 Å². The summed E-state index contributed by atoms with van der Waals surface area (Å²) in [5.74, 6) is 0.961. The topological polar surface area (TPSA) is 54.9 Å². The van der Waals surface area contributed by atoms with Crippen molar-refractivity contribution in [2.75, 3.05) is 5.32 Å². The van der Waals surface area contributed by atoms with Gasteiger partial charge in [-0.1, -0.05) is 36.4 Å². The number of fused-ring (bicyclic) bond motifs is 1. The molecule has 2 heterocycles. The Bertz CT molecular complexity index is 846. The minimum absolute atomic E-state index is 0.143. The summed E-state index contributed by atoms with van der Waals surface area (Å²) in [4.78, 5) is 22.5. The molecule has 120 valence electrons. The summed E-state index contributed by atoms with van der Waals surface area (Å²) < 4.78 is 0. The van der Waals surface area contributed by atoms with Gasteiger partial charge in [-0.3, -0.25) is 4.79 Å². The molecule has 24 heavy (non-hydrogen) atoms. The number of ketones is 1. The van der Waals surface area contributed by atoms with Crippen LogP contribution in [0.25, 0.3) is 0 Å². The van der Waals surface area contributed by atoms with E-state index in [1.807, 2.05) is 24.3 Å². The van der Waals surface area contributed by atoms with Crippen LogP contribution in [0.2, 0.25) is 0 Å². The van der Waals surface area contributed by atoms with E-state index in [1.54, 1.807) is 17.5 Å². The van der Waals surface area contributed by atoms with Gasteiger partial charge in [-0.15, -0.1) is 11.3 Å². The first kappa shape index (κ1) is 15.0. The molecule has 4 nitrogen and oxygen atoms in total. The van der Waals surface area contributed by atoms with Crippen LogP contribution in [0.15, 0.2) is 54.0 Å². The highest BCUT2D eigenvalue weighted by Gasteiger charge is 2.28. The summed E-state index contributed by atoms with van der Waals surface area (Å²) in [5, 5.41) is 5.30. The zero-order valence-corrected chi connectivity index (χ0v) is 13.9. The Labute approximate surface area is 144 Å². The molecule has 3 aromatic rings. The van der Waals surface area contributed by atoms with Crippen LogP contribution < -0.4 is 5.32 Å². The largest absolute Gasteiger partial charge is 0.350 e. The number of rotatable bonds is 4. The molecule has 0 saturated carbocycles. The Morgan fingerprint density at radius 2 is 2.00 bits per heavy atom. The van der Waals surface area contributed by atoms with E-state index in [4.69, 9.17) is 0 Å². The Hall–Kier alpha value is -2.53. The van der Waals surface area contributed by atoms with Crippen molar-refractivity contribution in [1.82, 2.24) is 9.97 Å². The number of carbonyl (C=O) groups is 1. The van der Waals surface area contributed by atoms with Crippen LogP contribution in [-0.2, 0) is 13.0 Å². The molecule has 0 aliphatic heterocycles. The molecule has 1 aliphatic rings. The van der Waals surface area contributed by atoms with E-state index in [-0.39, 0.29) is 11.7 Å². The molecule has 0 saturated heterocycles. The molecule has 0 amide bonds. The van der Waals surface area contributed by atoms with Gasteiger partial charge in [-0.25, -0.2) is 9.97 Å². The molecule has 0 bridgehead atoms. The minimum atomic E-state index is 0.143. The van der Waals surface area contributed by atoms with E-state index >= 15 is 0 Å². The van der Waals surface area contributed by atoms with E-state index in [0.29, 0.717) is 24.5 Å². The molecule has 4 rings (SSSR count). The zero-order valence-electron chi connectivity index (χ0n) is 13.1. The molecule has 1 N–H and O–H groups in total. The molecular formula is C19H17N3OS. The van der Waals surface area contributed by atoms with Gasteiger partial charge in [0.15, 0.2) is 5.78 Å². The number of Topliss-reactive ketones (excluding diaryl/α,β-unsaturated/α-hetero) is 1. The molecule has 1 aliphatic carbocycles. The highest BCUT2D eigenvalue weighted by molar-refractivity contribution is 7.10. The third-order valence-electron chi connectivity index (χ3n) is 4.28. The fourth-order valence-corrected chi connectivity index (χ4v) is 3.86. The standard InChI is InChI=1S/C19H17N3OS/c23-17-10-14(18-7-4-8-24-18)9-16-15(17)12-21-19(22-16)20-11-13-5-2-1-3-6-13/h1-8,12,14H,9-11H2,(H,20,21,22). The van der Waals surface area contributed by atoms with Gasteiger partial charge in [-0.05, 0) is 23.4 Å². The van der Waals surface area contributed by atoms with Crippen LogP contribution in [0.5, 0.6) is 0 Å². The van der Waals surface area contributed by atoms with Gasteiger partial charge in [0.05, 0.1) is 11.3 Å². The van der Waals surface area contributed by atoms with Crippen molar-refractivity contribution in [3.8, 4) is 0 Å². The van der Waals surface area contributed by atoms with Gasteiger partial charge < -0.3 is 5.32 Å². The van der Waals surface area contributed by atoms with E-state index in [1.165, 1.54) is 10.4 Å². The van der Waals surface area contributed by atoms with Gasteiger partial charge in [0.25, 0.3) is 0 Å². The minimum Gasteiger partial charge on any atom is -0.350 e. The molecule has 0 fully saturated rings. The lowest BCUT2D eigenvalue weighted by atomic mass is 9.86. The molecule has 0 radical (unpaired) electrons. The molecule has 1 aromatic carbocycles. The highest BCUT2D eigenvalue weighted by Crippen LogP contribution is 2.34. The Morgan fingerprint density at radius 1 is 1.12 bits per heavy atom. The summed E-state index contributed by atoms with van der Waals surface area (Å²) in [6.45, 7) is 0.669. The van der Waals surface area contributed by atoms with Crippen molar-refractivity contribution in [3.05, 3.63) is 75.7 Å². The van der Waals surface area contributed by atoms with Crippen molar-refractivity contribution in [3.63, 3.8) is 0 Å². The molecule has 2 aromatic heterocycles. The summed E-state index contributed by atoms with van der Waals surface area (Å²) in [6, 6.07) is 14.3. The Kier molecular flexibility index (Phi) is 4.09. The number of carbonyl (C=O) groups excluding carboxylic acids is 1. The second-order valence-electron chi connectivity index (χ2n) is 5.94. The summed E-state index contributed by atoms with van der Waals surface area (Å²) in [5.41, 5.74) is 2.70. The van der Waals surface area contributed by atoms with Crippen molar-refractivity contribution in [2.24, 2.45) is 0 Å². The first-order valence-electron chi connectivity index (χ1n) is 8.00. The fourth-order valence-electron chi connectivity index (χ4n) is 3.03. The highest BCUT2D eigenvalue weighted by atomic mass is 32.1. The molecule has 5 heteroatoms. The number of thiophene rings is 1. The summed E-state index contributed by atoms with van der Waals surface area (Å²) >= 11 is 1.71. The molecular weight excluding hydrogens is 318 g/mol. The number of aromatic nitrogens is 2. The normalized spacial score (nSPS) is 16.7. The second-order valence-corrected chi connectivity index (χ2v) is 6.92. The lowest BCUT2D eigenvalue weighted by molar-refractivity contribution is 0.0963. The number of hydrogen-bond acceptors (Lipinski definition) is 5. The molecule has 1 atom stereocenters. The van der Waals surface area contributed by atoms with E-state index in [9.17, 15) is 4.79 Å². The van der Waals surface area contributed by atoms with E-state index < -0.39 is 0 Å². The van der Waals surface area contributed by atoms with E-state index in [0.717, 1.165) is 12.1 Å². The predicted molar refractivity (Wildman–Crippen MR) is 95.5 cm³/mol. The molecule has 1 unspecified atom stereocenters. The quantitative estimate of drug-likeness (QED) is 0.781. The van der Waals surface area contributed by atoms with Crippen molar-refractivity contribution in [1.29, 1.82) is 0 Å². The number of hydrogen-bond donors (Lipinski definition) is 1. The van der Waals surface area contributed by atoms with Crippen molar-refractivity contribution >= 4 is 23.1 Å². The number of anilines is 1. The van der Waals surface area contributed by atoms with Crippen LogP contribution in [-0.4, -0.2) is 15.8 Å². The van der Waals surface area contributed by atoms with Crippen LogP contribution in [0.4, 0.5) is 5.95 Å². The van der Waals surface area contributed by atoms with E-state index in [2.05, 4.69) is 38.9 Å². The van der Waals surface area contributed by atoms with Gasteiger partial charge in [0.1, 0.15) is 0 Å². The predicted octanol–water partition coefficient (Wildman–Crippen LogP) is 4.06. The van der Waals surface area contributed by atoms with Crippen molar-refractivity contribution in [2.45, 2.75) is 25.3 Å². The first-order valence-corrected chi connectivity index (χ1v) is 8.88. The van der Waals surface area contributed by atoms with Gasteiger partial charge >= 0.3 is 0 Å². The third-order valence-corrected chi connectivity index (χ3v) is 5.31. The summed E-state index contributed by atoms with van der Waals surface area (Å²) in [6.07, 6.45) is 3.01. The third kappa shape index (κ3) is 3.08. The molecule has 0 spiro atoms. The van der Waals surface area contributed by atoms with Crippen LogP contribution >= 0.6 is 11.3 Å². The average Bonchev–Trinajstić information content (AvgIpc) is 3.15. The lowest BCUT2D eigenvalue weighted by Gasteiger charge is -2.22. The average molecular weight is 335 g/mol. The fraction of sp³-hybridized carbons (Fsp3) is 0.211. The maximum Gasteiger partial charge on any atom is 0.223 e. The maximum absolute atomic E-state index is 12.4. The maximum atomic E-state index is 12.4. The van der Waals surface area contributed by atoms with Crippen LogP contribution in [0, 0.1) is 0 Å². The Balaban J connectivity index is 1.54. The smallest absolute Gasteiger partial charge is 0.223 e. The number of nitrogens with one attached hydrogen (secondary N) is 1. The number of nitrogens with zero attached hydrogens (tertiary/aromatic N) is 2. The summed E-state index contributed by atoms with van der Waals surface area (Å²) in [7, 11) is 0. The van der Waals surface area contributed by atoms with Gasteiger partial charge in [0, 0.05) is 30.0 Å². The first-order chi connectivity index (χ1) is 11.8. The van der Waals surface area contributed by atoms with Crippen LogP contribution in [0.3, 0.4) is 0 Å². The zero-order chi connectivity index (χ0) is 16.4. The Morgan fingerprint density at radius 3 is 2.79 bits per heavy atom. The SMILES string of the molecule is O=C1CC(c2cccs2)Cc2nc(NCc3ccccc3)ncc21. The lowest BCUT2D eigenvalue weighted by Crippen LogP contribution is -2.20. The van der Waals surface area contributed by atoms with Gasteiger partial charge in [-0.2, -0.15) is 0 Å².